The van der Waals surface area contributed by atoms with Gasteiger partial charge in [0.1, 0.15) is 12.4 Å². The van der Waals surface area contributed by atoms with Crippen molar-refractivity contribution in [3.63, 3.8) is 0 Å². The van der Waals surface area contributed by atoms with Crippen molar-refractivity contribution in [1.29, 1.82) is 0 Å². The van der Waals surface area contributed by atoms with E-state index >= 15 is 0 Å². The molecule has 1 fully saturated rings. The Balaban J connectivity index is 1.44. The number of hydrogen-bond donors (Lipinski definition) is 0. The van der Waals surface area contributed by atoms with E-state index in [1.807, 2.05) is 24.0 Å². The van der Waals surface area contributed by atoms with Gasteiger partial charge in [0.25, 0.3) is 5.91 Å². The third-order valence-electron chi connectivity index (χ3n) is 7.31. The molecule has 4 nitrogen and oxygen atoms in total. The molecule has 0 bridgehead atoms. The van der Waals surface area contributed by atoms with E-state index in [0.717, 1.165) is 36.3 Å². The fourth-order valence-electron chi connectivity index (χ4n) is 5.60. The molecule has 180 valence electrons. The molecule has 35 heavy (non-hydrogen) atoms. The first-order valence-corrected chi connectivity index (χ1v) is 12.4. The molecule has 0 aromatic heterocycles. The van der Waals surface area contributed by atoms with Crippen LogP contribution in [0.1, 0.15) is 44.2 Å². The fourth-order valence-corrected chi connectivity index (χ4v) is 6.11. The van der Waals surface area contributed by atoms with E-state index in [4.69, 9.17) is 23.2 Å². The van der Waals surface area contributed by atoms with Crippen LogP contribution in [0.5, 0.6) is 0 Å². The second-order valence-corrected chi connectivity index (χ2v) is 10.8. The molecule has 0 radical (unpaired) electrons. The number of carbonyl (C=O) groups excluding carboxylic acids is 2. The van der Waals surface area contributed by atoms with Crippen LogP contribution < -0.4 is 4.90 Å². The van der Waals surface area contributed by atoms with Gasteiger partial charge in [-0.2, -0.15) is 0 Å². The Morgan fingerprint density at radius 1 is 1.06 bits per heavy atom. The van der Waals surface area contributed by atoms with Crippen molar-refractivity contribution in [2.45, 2.75) is 25.3 Å². The summed E-state index contributed by atoms with van der Waals surface area (Å²) < 4.78 is 14.0. The summed E-state index contributed by atoms with van der Waals surface area (Å²) in [5.74, 6) is -0.411. The number of quaternary nitrogens is 1. The van der Waals surface area contributed by atoms with Gasteiger partial charge in [0.2, 0.25) is 5.78 Å². The zero-order valence-electron chi connectivity index (χ0n) is 19.6. The topological polar surface area (TPSA) is 37.4 Å². The number of aryl methyl sites for hydroxylation is 1. The lowest BCUT2D eigenvalue weighted by Gasteiger charge is -2.44. The number of piperidine rings is 1. The van der Waals surface area contributed by atoms with Crippen LogP contribution in [0.2, 0.25) is 10.0 Å². The van der Waals surface area contributed by atoms with Crippen molar-refractivity contribution in [3.8, 4) is 0 Å². The number of fused-ring (bicyclic) bond motifs is 3. The van der Waals surface area contributed by atoms with Crippen LogP contribution in [0.25, 0.3) is 0 Å². The summed E-state index contributed by atoms with van der Waals surface area (Å²) in [6.45, 7) is 3.84. The monoisotopic (exact) mass is 511 g/mol. The van der Waals surface area contributed by atoms with E-state index in [-0.39, 0.29) is 29.5 Å². The summed E-state index contributed by atoms with van der Waals surface area (Å²) in [4.78, 5) is 28.6. The van der Waals surface area contributed by atoms with Crippen molar-refractivity contribution in [1.82, 2.24) is 0 Å². The lowest BCUT2D eigenvalue weighted by atomic mass is 9.87. The highest BCUT2D eigenvalue weighted by atomic mass is 35.5. The number of likely N-dealkylation sites (N-methyl/N-ethyl adjacent to an activating group) is 1. The van der Waals surface area contributed by atoms with E-state index in [1.165, 1.54) is 24.3 Å². The first-order valence-electron chi connectivity index (χ1n) is 11.7. The molecule has 3 aromatic rings. The van der Waals surface area contributed by atoms with E-state index < -0.39 is 0 Å². The predicted molar refractivity (Wildman–Crippen MR) is 137 cm³/mol. The molecule has 2 aliphatic heterocycles. The van der Waals surface area contributed by atoms with Gasteiger partial charge in [-0.15, -0.1) is 0 Å². The van der Waals surface area contributed by atoms with Crippen LogP contribution in [-0.4, -0.2) is 48.9 Å². The second kappa shape index (κ2) is 9.05. The predicted octanol–water partition coefficient (Wildman–Crippen LogP) is 6.29. The molecular weight excluding hydrogens is 486 g/mol. The number of nitrogens with zero attached hydrogens (tertiary/aromatic N) is 2. The smallest absolute Gasteiger partial charge is 0.258 e. The Bertz CT molecular complexity index is 1330. The quantitative estimate of drug-likeness (QED) is 0.305. The number of anilines is 1. The van der Waals surface area contributed by atoms with Gasteiger partial charge in [0.05, 0.1) is 37.1 Å². The van der Waals surface area contributed by atoms with Gasteiger partial charge in [-0.25, -0.2) is 4.39 Å². The minimum Gasteiger partial charge on any atom is -0.319 e. The summed E-state index contributed by atoms with van der Waals surface area (Å²) in [7, 11) is 2.10. The van der Waals surface area contributed by atoms with Crippen LogP contribution >= 0.6 is 23.2 Å². The van der Waals surface area contributed by atoms with Gasteiger partial charge in [-0.05, 0) is 61.0 Å². The van der Waals surface area contributed by atoms with Crippen molar-refractivity contribution < 1.29 is 18.5 Å². The number of rotatable bonds is 4. The highest BCUT2D eigenvalue weighted by molar-refractivity contribution is 6.36. The van der Waals surface area contributed by atoms with Crippen LogP contribution in [0.4, 0.5) is 10.1 Å². The molecule has 3 aromatic carbocycles. The molecule has 0 spiro atoms. The summed E-state index contributed by atoms with van der Waals surface area (Å²) in [6, 6.07) is 16.8. The van der Waals surface area contributed by atoms with Gasteiger partial charge in [0, 0.05) is 28.3 Å². The first-order chi connectivity index (χ1) is 16.6. The van der Waals surface area contributed by atoms with Crippen molar-refractivity contribution in [2.75, 3.05) is 31.6 Å². The normalized spacial score (nSPS) is 23.1. The van der Waals surface area contributed by atoms with E-state index in [2.05, 4.69) is 13.1 Å². The molecule has 3 atom stereocenters. The summed E-state index contributed by atoms with van der Waals surface area (Å²) in [5, 5.41) is 0.860. The molecule has 5 rings (SSSR count). The largest absolute Gasteiger partial charge is 0.319 e. The van der Waals surface area contributed by atoms with E-state index in [1.54, 1.807) is 18.2 Å². The number of halogens is 3. The van der Waals surface area contributed by atoms with Crippen LogP contribution in [-0.2, 0) is 0 Å². The number of amides is 1. The van der Waals surface area contributed by atoms with Crippen molar-refractivity contribution in [2.24, 2.45) is 0 Å². The minimum atomic E-state index is -0.368. The third-order valence-corrected chi connectivity index (χ3v) is 7.85. The lowest BCUT2D eigenvalue weighted by Crippen LogP contribution is -2.58. The fraction of sp³-hybridized carbons (Fsp3) is 0.286. The van der Waals surface area contributed by atoms with Crippen molar-refractivity contribution in [3.05, 3.63) is 98.8 Å². The molecule has 0 unspecified atom stereocenters. The number of benzene rings is 3. The molecule has 2 heterocycles. The number of hydrogen-bond acceptors (Lipinski definition) is 2. The van der Waals surface area contributed by atoms with Gasteiger partial charge in [-0.1, -0.05) is 40.9 Å². The Hall–Kier alpha value is -2.73. The van der Waals surface area contributed by atoms with Gasteiger partial charge < -0.3 is 9.38 Å². The summed E-state index contributed by atoms with van der Waals surface area (Å²) in [5.41, 5.74) is 4.11. The number of ketones is 1. The second-order valence-electron chi connectivity index (χ2n) is 9.94. The molecule has 0 aliphatic carbocycles. The molecular formula is C28H26Cl2FN2O2+. The van der Waals surface area contributed by atoms with Crippen molar-refractivity contribution >= 4 is 40.6 Å². The highest BCUT2D eigenvalue weighted by Gasteiger charge is 2.49. The van der Waals surface area contributed by atoms with Crippen LogP contribution in [0.3, 0.4) is 0 Å². The maximum absolute atomic E-state index is 13.6. The molecule has 1 saturated heterocycles. The van der Waals surface area contributed by atoms with E-state index in [0.29, 0.717) is 32.2 Å². The Morgan fingerprint density at radius 3 is 2.51 bits per heavy atom. The molecule has 0 saturated carbocycles. The first kappa shape index (κ1) is 24.0. The lowest BCUT2D eigenvalue weighted by molar-refractivity contribution is -0.907. The standard InChI is InChI=1S/C28H26Cl2FN2O2/c1-17-3-10-25-22(13-17)23-15-33(2,16-27(34)21-9-6-19(29)14-24(21)30)12-11-26(23)32(25)28(35)18-4-7-20(31)8-5-18/h3-10,13-14,23,26H,11-12,15-16H2,1-2H3/q+1/t23-,26+,33-/m0/s1. The Kier molecular flexibility index (Phi) is 6.20. The summed E-state index contributed by atoms with van der Waals surface area (Å²) in [6.07, 6.45) is 0.753. The maximum Gasteiger partial charge on any atom is 0.258 e. The molecule has 1 amide bonds. The van der Waals surface area contributed by atoms with Gasteiger partial charge in [0.15, 0.2) is 0 Å². The number of likely N-dealkylation sites (tertiary alicyclic amines) is 1. The molecule has 0 N–H and O–H groups in total. The van der Waals surface area contributed by atoms with Crippen LogP contribution in [0.15, 0.2) is 60.7 Å². The third kappa shape index (κ3) is 4.49. The highest BCUT2D eigenvalue weighted by Crippen LogP contribution is 2.47. The maximum atomic E-state index is 13.6. The van der Waals surface area contributed by atoms with Crippen LogP contribution in [0, 0.1) is 12.7 Å². The average Bonchev–Trinajstić information content (AvgIpc) is 3.11. The molecule has 2 aliphatic rings. The minimum absolute atomic E-state index is 0.00947. The Labute approximate surface area is 214 Å². The number of Topliss-reactive ketones (excluding diaryl/α,β-unsaturated/α-hetero) is 1. The summed E-state index contributed by atoms with van der Waals surface area (Å²) >= 11 is 12.3. The van der Waals surface area contributed by atoms with Gasteiger partial charge in [-0.3, -0.25) is 9.59 Å². The SMILES string of the molecule is Cc1ccc2c(c1)[C@@H]1C[N@@+](C)(CC(=O)c3ccc(Cl)cc3Cl)CC[C@H]1N2C(=O)c1ccc(F)cc1. The molecule has 7 heteroatoms. The Morgan fingerprint density at radius 2 is 1.80 bits per heavy atom. The zero-order valence-corrected chi connectivity index (χ0v) is 21.1. The average molecular weight is 512 g/mol. The van der Waals surface area contributed by atoms with Gasteiger partial charge >= 0.3 is 0 Å². The van der Waals surface area contributed by atoms with E-state index in [9.17, 15) is 14.0 Å². The zero-order chi connectivity index (χ0) is 24.9. The number of carbonyl (C=O) groups is 2.